The van der Waals surface area contributed by atoms with E-state index in [-0.39, 0.29) is 0 Å². The molecule has 1 aromatic rings. The second-order valence-corrected chi connectivity index (χ2v) is 6.82. The van der Waals surface area contributed by atoms with Gasteiger partial charge in [-0.15, -0.1) is 0 Å². The molecule has 3 nitrogen and oxygen atoms in total. The molecule has 0 N–H and O–H groups in total. The van der Waals surface area contributed by atoms with Crippen molar-refractivity contribution in [1.29, 1.82) is 0 Å². The Hall–Kier alpha value is -1.05. The monoisotopic (exact) mass is 330 g/mol. The molecule has 1 aromatic carbocycles. The van der Waals surface area contributed by atoms with E-state index in [1.165, 1.54) is 0 Å². The van der Waals surface area contributed by atoms with Crippen LogP contribution >= 0.6 is 0 Å². The van der Waals surface area contributed by atoms with Gasteiger partial charge in [0.05, 0.1) is 17.3 Å². The average molecular weight is 330 g/mol. The molecule has 0 spiro atoms. The van der Waals surface area contributed by atoms with Crippen LogP contribution in [0.4, 0.5) is 13.2 Å². The van der Waals surface area contributed by atoms with Crippen molar-refractivity contribution >= 4 is 12.6 Å². The first kappa shape index (κ1) is 18.3. The molecule has 0 radical (unpaired) electrons. The first-order valence-corrected chi connectivity index (χ1v) is 7.55. The van der Waals surface area contributed by atoms with Gasteiger partial charge >= 0.3 is 13.3 Å². The number of hydrogen-bond donors (Lipinski definition) is 0. The Kier molecular flexibility index (Phi) is 4.86. The molecule has 1 fully saturated rings. The standard InChI is InChI=1S/C16H22BF3O3/c1-11(21-10-16(18,19)20)12-6-8-13(9-7-12)17-22-14(2,3)15(4,5)23-17/h6-9,11H,10H2,1-5H3. The van der Waals surface area contributed by atoms with Gasteiger partial charge < -0.3 is 14.0 Å². The maximum Gasteiger partial charge on any atom is 0.494 e. The van der Waals surface area contributed by atoms with E-state index in [9.17, 15) is 13.2 Å². The predicted octanol–water partition coefficient (Wildman–Crippen LogP) is 3.63. The average Bonchev–Trinajstić information content (AvgIpc) is 2.64. The minimum atomic E-state index is -4.32. The van der Waals surface area contributed by atoms with Gasteiger partial charge in [-0.05, 0) is 45.6 Å². The van der Waals surface area contributed by atoms with Crippen molar-refractivity contribution in [3.8, 4) is 0 Å². The van der Waals surface area contributed by atoms with Gasteiger partial charge in [0, 0.05) is 0 Å². The molecule has 7 heteroatoms. The molecule has 1 heterocycles. The molecule has 1 aliphatic heterocycles. The van der Waals surface area contributed by atoms with Crippen molar-refractivity contribution in [2.45, 2.75) is 58.1 Å². The molecule has 128 valence electrons. The van der Waals surface area contributed by atoms with Crippen molar-refractivity contribution in [1.82, 2.24) is 0 Å². The van der Waals surface area contributed by atoms with Crippen LogP contribution in [0.1, 0.15) is 46.3 Å². The summed E-state index contributed by atoms with van der Waals surface area (Å²) in [5.74, 6) is 0. The van der Waals surface area contributed by atoms with E-state index >= 15 is 0 Å². The fourth-order valence-corrected chi connectivity index (χ4v) is 2.22. The van der Waals surface area contributed by atoms with Crippen molar-refractivity contribution in [3.05, 3.63) is 29.8 Å². The lowest BCUT2D eigenvalue weighted by Crippen LogP contribution is -2.41. The van der Waals surface area contributed by atoms with Gasteiger partial charge in [-0.3, -0.25) is 0 Å². The zero-order valence-electron chi connectivity index (χ0n) is 14.0. The van der Waals surface area contributed by atoms with Crippen LogP contribution in [0.15, 0.2) is 24.3 Å². The van der Waals surface area contributed by atoms with Crippen LogP contribution in [0.5, 0.6) is 0 Å². The number of halogens is 3. The lowest BCUT2D eigenvalue weighted by atomic mass is 9.78. The summed E-state index contributed by atoms with van der Waals surface area (Å²) in [5.41, 5.74) is 0.642. The van der Waals surface area contributed by atoms with Gasteiger partial charge in [0.2, 0.25) is 0 Å². The Balaban J connectivity index is 2.03. The minimum absolute atomic E-state index is 0.431. The van der Waals surface area contributed by atoms with Crippen LogP contribution in [-0.4, -0.2) is 31.1 Å². The topological polar surface area (TPSA) is 27.7 Å². The fourth-order valence-electron chi connectivity index (χ4n) is 2.22. The van der Waals surface area contributed by atoms with Gasteiger partial charge in [0.15, 0.2) is 0 Å². The molecule has 0 saturated carbocycles. The van der Waals surface area contributed by atoms with Gasteiger partial charge in [0.1, 0.15) is 6.61 Å². The molecular formula is C16H22BF3O3. The van der Waals surface area contributed by atoms with Crippen molar-refractivity contribution in [2.75, 3.05) is 6.61 Å². The van der Waals surface area contributed by atoms with Crippen molar-refractivity contribution < 1.29 is 27.2 Å². The Morgan fingerprint density at radius 3 is 1.96 bits per heavy atom. The van der Waals surface area contributed by atoms with Crippen molar-refractivity contribution in [2.24, 2.45) is 0 Å². The molecule has 0 aromatic heterocycles. The maximum absolute atomic E-state index is 12.2. The molecular weight excluding hydrogens is 308 g/mol. The summed E-state index contributed by atoms with van der Waals surface area (Å²) >= 11 is 0. The number of benzene rings is 1. The van der Waals surface area contributed by atoms with Crippen LogP contribution in [0, 0.1) is 0 Å². The lowest BCUT2D eigenvalue weighted by molar-refractivity contribution is -0.184. The van der Waals surface area contributed by atoms with Gasteiger partial charge in [-0.1, -0.05) is 24.3 Å². The molecule has 1 unspecified atom stereocenters. The number of rotatable bonds is 4. The molecule has 0 amide bonds. The third-order valence-corrected chi connectivity index (χ3v) is 4.43. The third-order valence-electron chi connectivity index (χ3n) is 4.43. The Labute approximate surface area is 135 Å². The Bertz CT molecular complexity index is 524. The van der Waals surface area contributed by atoms with Crippen molar-refractivity contribution in [3.63, 3.8) is 0 Å². The zero-order valence-corrected chi connectivity index (χ0v) is 14.0. The highest BCUT2D eigenvalue weighted by Gasteiger charge is 2.51. The van der Waals surface area contributed by atoms with Crippen LogP contribution in [0.2, 0.25) is 0 Å². The van der Waals surface area contributed by atoms with Gasteiger partial charge in [0.25, 0.3) is 0 Å². The zero-order chi connectivity index (χ0) is 17.5. The van der Waals surface area contributed by atoms with E-state index in [4.69, 9.17) is 14.0 Å². The molecule has 1 aliphatic rings. The highest BCUT2D eigenvalue weighted by Crippen LogP contribution is 2.36. The molecule has 0 bridgehead atoms. The Morgan fingerprint density at radius 1 is 1.04 bits per heavy atom. The van der Waals surface area contributed by atoms with Gasteiger partial charge in [-0.2, -0.15) is 13.2 Å². The summed E-state index contributed by atoms with van der Waals surface area (Å²) in [4.78, 5) is 0. The molecule has 1 saturated heterocycles. The van der Waals surface area contributed by atoms with Gasteiger partial charge in [-0.25, -0.2) is 0 Å². The molecule has 23 heavy (non-hydrogen) atoms. The lowest BCUT2D eigenvalue weighted by Gasteiger charge is -2.32. The maximum atomic E-state index is 12.2. The molecule has 0 aliphatic carbocycles. The number of alkyl halides is 3. The van der Waals surface area contributed by atoms with Crippen LogP contribution in [0.3, 0.4) is 0 Å². The SMILES string of the molecule is CC(OCC(F)(F)F)c1ccc(B2OC(C)(C)C(C)(C)O2)cc1. The summed E-state index contributed by atoms with van der Waals surface area (Å²) in [5, 5.41) is 0. The minimum Gasteiger partial charge on any atom is -0.399 e. The highest BCUT2D eigenvalue weighted by molar-refractivity contribution is 6.62. The van der Waals surface area contributed by atoms with E-state index in [0.29, 0.717) is 5.56 Å². The fraction of sp³-hybridized carbons (Fsp3) is 0.625. The van der Waals surface area contributed by atoms with E-state index < -0.39 is 37.2 Å². The summed E-state index contributed by atoms with van der Waals surface area (Å²) in [7, 11) is -0.486. The quantitative estimate of drug-likeness (QED) is 0.789. The largest absolute Gasteiger partial charge is 0.494 e. The smallest absolute Gasteiger partial charge is 0.399 e. The summed E-state index contributed by atoms with van der Waals surface area (Å²) in [6.07, 6.45) is -4.96. The first-order chi connectivity index (χ1) is 10.4. The van der Waals surface area contributed by atoms with E-state index in [1.54, 1.807) is 31.2 Å². The van der Waals surface area contributed by atoms with Crippen LogP contribution in [-0.2, 0) is 14.0 Å². The van der Waals surface area contributed by atoms with E-state index in [0.717, 1.165) is 5.46 Å². The molecule has 2 rings (SSSR count). The summed E-state index contributed by atoms with van der Waals surface area (Å²) in [6, 6.07) is 7.07. The number of ether oxygens (including phenoxy) is 1. The summed E-state index contributed by atoms with van der Waals surface area (Å²) < 4.78 is 53.3. The molecule has 1 atom stereocenters. The van der Waals surface area contributed by atoms with E-state index in [1.807, 2.05) is 27.7 Å². The van der Waals surface area contributed by atoms with Crippen LogP contribution in [0.25, 0.3) is 0 Å². The third kappa shape index (κ3) is 4.28. The number of hydrogen-bond acceptors (Lipinski definition) is 3. The predicted molar refractivity (Wildman–Crippen MR) is 82.6 cm³/mol. The normalized spacial score (nSPS) is 21.5. The van der Waals surface area contributed by atoms with E-state index in [2.05, 4.69) is 0 Å². The second-order valence-electron chi connectivity index (χ2n) is 6.82. The summed E-state index contributed by atoms with van der Waals surface area (Å²) in [6.45, 7) is 8.20. The second kappa shape index (κ2) is 6.11. The highest BCUT2D eigenvalue weighted by atomic mass is 19.4. The van der Waals surface area contributed by atoms with Crippen LogP contribution < -0.4 is 5.46 Å². The Morgan fingerprint density at radius 2 is 1.52 bits per heavy atom. The first-order valence-electron chi connectivity index (χ1n) is 7.55.